The number of piperidine rings is 1. The van der Waals surface area contributed by atoms with Gasteiger partial charge in [0.15, 0.2) is 0 Å². The minimum atomic E-state index is -1.10. The average Bonchev–Trinajstić information content (AvgIpc) is 3.07. The lowest BCUT2D eigenvalue weighted by Gasteiger charge is -2.41. The van der Waals surface area contributed by atoms with Crippen molar-refractivity contribution in [2.45, 2.75) is 70.9 Å². The Morgan fingerprint density at radius 2 is 1.94 bits per heavy atom. The second-order valence-electron chi connectivity index (χ2n) is 10.4. The summed E-state index contributed by atoms with van der Waals surface area (Å²) in [5, 5.41) is 19.3. The van der Waals surface area contributed by atoms with Crippen LogP contribution in [0.4, 0.5) is 20.6 Å². The van der Waals surface area contributed by atoms with Crippen molar-refractivity contribution in [3.05, 3.63) is 24.0 Å². The maximum absolute atomic E-state index is 15.2. The van der Waals surface area contributed by atoms with E-state index in [1.165, 1.54) is 11.0 Å². The number of hydrogen-bond donors (Lipinski definition) is 2. The van der Waals surface area contributed by atoms with Crippen LogP contribution in [-0.4, -0.2) is 65.4 Å². The number of aliphatic hydroxyl groups is 1. The van der Waals surface area contributed by atoms with Gasteiger partial charge < -0.3 is 20.0 Å². The van der Waals surface area contributed by atoms with Crippen LogP contribution < -0.4 is 9.80 Å². The van der Waals surface area contributed by atoms with E-state index in [-0.39, 0.29) is 24.0 Å². The topological polar surface area (TPSA) is 84.3 Å². The predicted octanol–water partition coefficient (Wildman–Crippen LogP) is 4.09. The quantitative estimate of drug-likeness (QED) is 0.690. The van der Waals surface area contributed by atoms with Gasteiger partial charge in [0.05, 0.1) is 22.9 Å². The lowest BCUT2D eigenvalue weighted by Crippen LogP contribution is -2.50. The summed E-state index contributed by atoms with van der Waals surface area (Å²) in [4.78, 5) is 30.3. The first-order valence-corrected chi connectivity index (χ1v) is 12.2. The number of carbonyl (C=O) groups is 2. The summed E-state index contributed by atoms with van der Waals surface area (Å²) in [5.74, 6) is -0.155. The van der Waals surface area contributed by atoms with Crippen molar-refractivity contribution in [1.82, 2.24) is 4.90 Å². The van der Waals surface area contributed by atoms with Gasteiger partial charge in [0.25, 0.3) is 0 Å². The molecule has 1 aromatic rings. The van der Waals surface area contributed by atoms with E-state index in [1.807, 2.05) is 23.6 Å². The maximum Gasteiger partial charge on any atom is 0.411 e. The van der Waals surface area contributed by atoms with Gasteiger partial charge in [0.2, 0.25) is 5.91 Å². The Labute approximate surface area is 195 Å². The molecule has 2 amide bonds. The van der Waals surface area contributed by atoms with Crippen LogP contribution in [0.5, 0.6) is 0 Å². The smallest absolute Gasteiger partial charge is 0.411 e. The Kier molecular flexibility index (Phi) is 6.84. The Bertz CT molecular complexity index is 886. The molecule has 4 rings (SSSR count). The first-order chi connectivity index (χ1) is 15.7. The largest absolute Gasteiger partial charge is 0.465 e. The molecule has 2 heterocycles. The Morgan fingerprint density at radius 1 is 1.21 bits per heavy atom. The van der Waals surface area contributed by atoms with Gasteiger partial charge in [-0.15, -0.1) is 0 Å². The minimum Gasteiger partial charge on any atom is -0.465 e. The number of aliphatic hydroxyl groups excluding tert-OH is 1. The third-order valence-corrected chi connectivity index (χ3v) is 7.59. The van der Waals surface area contributed by atoms with Crippen molar-refractivity contribution in [2.75, 3.05) is 36.0 Å². The van der Waals surface area contributed by atoms with Crippen molar-refractivity contribution in [3.8, 4) is 0 Å². The monoisotopic (exact) mass is 461 g/mol. The molecule has 33 heavy (non-hydrogen) atoms. The number of benzene rings is 1. The maximum atomic E-state index is 15.2. The molecule has 0 bridgehead atoms. The summed E-state index contributed by atoms with van der Waals surface area (Å²) in [6, 6.07) is 4.81. The second kappa shape index (κ2) is 9.49. The van der Waals surface area contributed by atoms with Crippen LogP contribution >= 0.6 is 0 Å². The zero-order chi connectivity index (χ0) is 23.8. The summed E-state index contributed by atoms with van der Waals surface area (Å²) < 4.78 is 15.2. The molecule has 8 heteroatoms. The highest BCUT2D eigenvalue weighted by Crippen LogP contribution is 2.44. The predicted molar refractivity (Wildman–Crippen MR) is 125 cm³/mol. The van der Waals surface area contributed by atoms with Gasteiger partial charge in [-0.1, -0.05) is 13.8 Å². The van der Waals surface area contributed by atoms with Crippen LogP contribution in [-0.2, 0) is 4.79 Å². The Morgan fingerprint density at radius 3 is 2.58 bits per heavy atom. The third kappa shape index (κ3) is 4.81. The molecule has 1 atom stereocenters. The molecule has 2 N–H and O–H groups in total. The van der Waals surface area contributed by atoms with Crippen molar-refractivity contribution in [1.29, 1.82) is 0 Å². The van der Waals surface area contributed by atoms with Gasteiger partial charge in [-0.3, -0.25) is 9.69 Å². The summed E-state index contributed by atoms with van der Waals surface area (Å²) >= 11 is 0. The first-order valence-electron chi connectivity index (χ1n) is 12.2. The second-order valence-corrected chi connectivity index (χ2v) is 10.4. The average molecular weight is 462 g/mol. The van der Waals surface area contributed by atoms with Crippen molar-refractivity contribution in [3.63, 3.8) is 0 Å². The molecular weight excluding hydrogens is 425 g/mol. The number of likely N-dealkylation sites (tertiary alicyclic amines) is 1. The molecule has 1 aliphatic carbocycles. The minimum absolute atomic E-state index is 0.120. The third-order valence-electron chi connectivity index (χ3n) is 7.59. The van der Waals surface area contributed by atoms with Crippen LogP contribution in [0.15, 0.2) is 18.2 Å². The molecule has 1 saturated carbocycles. The SMILES string of the molecule is CC(C)CN(C(=O)O)c1ccc(N2CCCC3(CCN([C@H]4CC[C@H](O)CC4)C3=O)C2)c(F)c1. The molecule has 3 fully saturated rings. The summed E-state index contributed by atoms with van der Waals surface area (Å²) in [6.45, 7) is 6.04. The highest BCUT2D eigenvalue weighted by atomic mass is 19.1. The lowest BCUT2D eigenvalue weighted by molar-refractivity contribution is -0.139. The van der Waals surface area contributed by atoms with Crippen molar-refractivity contribution in [2.24, 2.45) is 11.3 Å². The first kappa shape index (κ1) is 23.8. The molecular formula is C25H36FN3O4. The fourth-order valence-corrected chi connectivity index (χ4v) is 5.86. The zero-order valence-electron chi connectivity index (χ0n) is 19.7. The number of amides is 2. The standard InChI is InChI=1S/C25H36FN3O4/c1-17(2)15-29(24(32)33)19-6-9-22(21(26)14-19)27-12-3-10-25(16-27)11-13-28(23(25)31)18-4-7-20(30)8-5-18/h6,9,14,17-18,20,30H,3-5,7-8,10-13,15-16H2,1-2H3,(H,32,33)/t18-,20-,25?. The van der Waals surface area contributed by atoms with E-state index in [4.69, 9.17) is 0 Å². The number of carboxylic acid groups (broad SMARTS) is 1. The van der Waals surface area contributed by atoms with Crippen molar-refractivity contribution >= 4 is 23.4 Å². The molecule has 3 aliphatic rings. The van der Waals surface area contributed by atoms with Gasteiger partial charge in [0.1, 0.15) is 5.82 Å². The molecule has 182 valence electrons. The molecule has 0 aromatic heterocycles. The Balaban J connectivity index is 1.49. The van der Waals surface area contributed by atoms with Gasteiger partial charge in [0, 0.05) is 32.2 Å². The van der Waals surface area contributed by atoms with Crippen molar-refractivity contribution < 1.29 is 24.2 Å². The fourth-order valence-electron chi connectivity index (χ4n) is 5.86. The van der Waals surface area contributed by atoms with E-state index in [9.17, 15) is 19.8 Å². The van der Waals surface area contributed by atoms with E-state index in [0.29, 0.717) is 31.0 Å². The molecule has 1 spiro atoms. The van der Waals surface area contributed by atoms with Crippen LogP contribution in [0.2, 0.25) is 0 Å². The lowest BCUT2D eigenvalue weighted by atomic mass is 9.78. The van der Waals surface area contributed by atoms with Gasteiger partial charge >= 0.3 is 6.09 Å². The number of halogens is 1. The normalized spacial score (nSPS) is 28.1. The van der Waals surface area contributed by atoms with Crippen LogP contribution in [0, 0.1) is 17.2 Å². The molecule has 2 saturated heterocycles. The number of nitrogens with zero attached hydrogens (tertiary/aromatic N) is 3. The summed E-state index contributed by atoms with van der Waals surface area (Å²) in [6.07, 6.45) is 4.25. The van der Waals surface area contributed by atoms with Gasteiger partial charge in [-0.2, -0.15) is 0 Å². The molecule has 7 nitrogen and oxygen atoms in total. The van der Waals surface area contributed by atoms with E-state index >= 15 is 4.39 Å². The highest BCUT2D eigenvalue weighted by molar-refractivity contribution is 5.87. The Hall–Kier alpha value is -2.35. The van der Waals surface area contributed by atoms with E-state index in [1.54, 1.807) is 12.1 Å². The fraction of sp³-hybridized carbons (Fsp3) is 0.680. The van der Waals surface area contributed by atoms with E-state index in [0.717, 1.165) is 51.5 Å². The van der Waals surface area contributed by atoms with Gasteiger partial charge in [-0.05, 0) is 69.1 Å². The van der Waals surface area contributed by atoms with E-state index < -0.39 is 17.3 Å². The van der Waals surface area contributed by atoms with Crippen LogP contribution in [0.3, 0.4) is 0 Å². The number of carbonyl (C=O) groups excluding carboxylic acids is 1. The molecule has 1 unspecified atom stereocenters. The highest BCUT2D eigenvalue weighted by Gasteiger charge is 2.50. The van der Waals surface area contributed by atoms with Gasteiger partial charge in [-0.25, -0.2) is 9.18 Å². The summed E-state index contributed by atoms with van der Waals surface area (Å²) in [5.41, 5.74) is 0.274. The molecule has 1 aromatic carbocycles. The summed E-state index contributed by atoms with van der Waals surface area (Å²) in [7, 11) is 0. The number of hydrogen-bond acceptors (Lipinski definition) is 4. The molecule has 0 radical (unpaired) electrons. The van der Waals surface area contributed by atoms with Crippen LogP contribution in [0.25, 0.3) is 0 Å². The zero-order valence-corrected chi connectivity index (χ0v) is 19.7. The van der Waals surface area contributed by atoms with Crippen LogP contribution in [0.1, 0.15) is 58.8 Å². The number of rotatable bonds is 5. The molecule has 2 aliphatic heterocycles. The number of anilines is 2. The van der Waals surface area contributed by atoms with E-state index in [2.05, 4.69) is 0 Å².